The molecule has 0 unspecified atom stereocenters. The van der Waals surface area contributed by atoms with Gasteiger partial charge in [0.1, 0.15) is 0 Å². The summed E-state index contributed by atoms with van der Waals surface area (Å²) >= 11 is 0. The molecule has 7 heteroatoms. The Bertz CT molecular complexity index is 962. The van der Waals surface area contributed by atoms with Crippen LogP contribution in [0.2, 0.25) is 0 Å². The molecule has 1 saturated carbocycles. The Morgan fingerprint density at radius 3 is 2.39 bits per heavy atom. The van der Waals surface area contributed by atoms with Crippen molar-refractivity contribution >= 4 is 33.2 Å². The maximum Gasteiger partial charge on any atom is 0.244 e. The number of aromatic nitrogens is 2. The van der Waals surface area contributed by atoms with E-state index in [4.69, 9.17) is 5.41 Å². The fraction of sp³-hybridized carbons (Fsp3) is 0.619. The lowest BCUT2D eigenvalue weighted by Gasteiger charge is -2.37. The summed E-state index contributed by atoms with van der Waals surface area (Å²) in [7, 11) is -3.58. The molecule has 0 atom stereocenters. The standard InChI is InChI=1S/C21H32N4O2S/c1-14(2)28(26,27)25-19-12-15(13-22)6-11-18(19)24-20(25)23-17-9-7-16(8-10-17)21(3,4)5/h6,11-14,16-17,22H,7-10H2,1-5H3,(H,23,24). The first-order valence-electron chi connectivity index (χ1n) is 10.1. The van der Waals surface area contributed by atoms with Gasteiger partial charge in [0.05, 0.1) is 16.3 Å². The van der Waals surface area contributed by atoms with Crippen LogP contribution in [0.25, 0.3) is 11.0 Å². The number of benzene rings is 1. The Morgan fingerprint density at radius 2 is 1.86 bits per heavy atom. The van der Waals surface area contributed by atoms with Crippen molar-refractivity contribution < 1.29 is 8.42 Å². The summed E-state index contributed by atoms with van der Waals surface area (Å²) in [6.07, 6.45) is 5.52. The lowest BCUT2D eigenvalue weighted by atomic mass is 9.71. The van der Waals surface area contributed by atoms with E-state index in [0.29, 0.717) is 33.9 Å². The van der Waals surface area contributed by atoms with Crippen LogP contribution >= 0.6 is 0 Å². The molecular weight excluding hydrogens is 372 g/mol. The summed E-state index contributed by atoms with van der Waals surface area (Å²) in [5.41, 5.74) is 2.12. The SMILES string of the molecule is CC(C)S(=O)(=O)n1c(NC2CCC(C(C)(C)C)CC2)nc2ccc(C=N)cc21. The van der Waals surface area contributed by atoms with Crippen molar-refractivity contribution in [2.24, 2.45) is 11.3 Å². The fourth-order valence-corrected chi connectivity index (χ4v) is 5.18. The Balaban J connectivity index is 1.96. The molecule has 2 N–H and O–H groups in total. The topological polar surface area (TPSA) is 87.8 Å². The maximum absolute atomic E-state index is 13.1. The highest BCUT2D eigenvalue weighted by atomic mass is 32.2. The van der Waals surface area contributed by atoms with E-state index in [-0.39, 0.29) is 6.04 Å². The Labute approximate surface area is 168 Å². The largest absolute Gasteiger partial charge is 0.352 e. The summed E-state index contributed by atoms with van der Waals surface area (Å²) in [6, 6.07) is 5.51. The number of nitrogens with one attached hydrogen (secondary N) is 2. The summed E-state index contributed by atoms with van der Waals surface area (Å²) < 4.78 is 27.5. The molecule has 1 aliphatic carbocycles. The van der Waals surface area contributed by atoms with Crippen LogP contribution in [0.15, 0.2) is 18.2 Å². The Morgan fingerprint density at radius 1 is 1.21 bits per heavy atom. The van der Waals surface area contributed by atoms with Gasteiger partial charge in [-0.25, -0.2) is 17.4 Å². The van der Waals surface area contributed by atoms with E-state index in [0.717, 1.165) is 25.7 Å². The van der Waals surface area contributed by atoms with Gasteiger partial charge in [-0.3, -0.25) is 0 Å². The number of hydrogen-bond acceptors (Lipinski definition) is 5. The molecule has 0 amide bonds. The van der Waals surface area contributed by atoms with Gasteiger partial charge < -0.3 is 10.7 Å². The van der Waals surface area contributed by atoms with Crippen LogP contribution in [0.1, 0.15) is 65.9 Å². The molecule has 6 nitrogen and oxygen atoms in total. The normalized spacial score (nSPS) is 21.2. The van der Waals surface area contributed by atoms with Crippen LogP contribution < -0.4 is 5.32 Å². The molecule has 2 aromatic rings. The second kappa shape index (κ2) is 7.50. The van der Waals surface area contributed by atoms with E-state index < -0.39 is 15.3 Å². The quantitative estimate of drug-likeness (QED) is 0.711. The highest BCUT2D eigenvalue weighted by Gasteiger charge is 2.31. The molecule has 1 aromatic carbocycles. The second-order valence-electron chi connectivity index (χ2n) is 9.24. The van der Waals surface area contributed by atoms with Crippen LogP contribution in [0.5, 0.6) is 0 Å². The highest BCUT2D eigenvalue weighted by molar-refractivity contribution is 7.90. The molecular formula is C21H32N4O2S. The predicted octanol–water partition coefficient (Wildman–Crippen LogP) is 4.64. The smallest absolute Gasteiger partial charge is 0.244 e. The van der Waals surface area contributed by atoms with Crippen LogP contribution in [0, 0.1) is 16.7 Å². The van der Waals surface area contributed by atoms with E-state index >= 15 is 0 Å². The molecule has 0 aliphatic heterocycles. The van der Waals surface area contributed by atoms with Crippen LogP contribution in [-0.4, -0.2) is 34.9 Å². The fourth-order valence-electron chi connectivity index (χ4n) is 4.01. The zero-order chi connectivity index (χ0) is 20.7. The minimum Gasteiger partial charge on any atom is -0.352 e. The number of anilines is 1. The van der Waals surface area contributed by atoms with E-state index in [1.54, 1.807) is 32.0 Å². The second-order valence-corrected chi connectivity index (χ2v) is 11.6. The molecule has 1 aliphatic rings. The van der Waals surface area contributed by atoms with Crippen LogP contribution in [-0.2, 0) is 10.0 Å². The average molecular weight is 405 g/mol. The maximum atomic E-state index is 13.1. The zero-order valence-corrected chi connectivity index (χ0v) is 18.3. The van der Waals surface area contributed by atoms with Crippen molar-refractivity contribution in [1.82, 2.24) is 8.96 Å². The van der Waals surface area contributed by atoms with Crippen molar-refractivity contribution in [2.45, 2.75) is 71.6 Å². The first-order valence-corrected chi connectivity index (χ1v) is 11.6. The number of rotatable bonds is 5. The van der Waals surface area contributed by atoms with Crippen molar-refractivity contribution in [1.29, 1.82) is 5.41 Å². The Hall–Kier alpha value is -1.89. The van der Waals surface area contributed by atoms with Crippen molar-refractivity contribution in [2.75, 3.05) is 5.32 Å². The van der Waals surface area contributed by atoms with E-state index in [1.807, 2.05) is 0 Å². The Kier molecular flexibility index (Phi) is 5.58. The number of imidazole rings is 1. The van der Waals surface area contributed by atoms with E-state index in [2.05, 4.69) is 31.1 Å². The van der Waals surface area contributed by atoms with Crippen molar-refractivity contribution in [3.05, 3.63) is 23.8 Å². The number of fused-ring (bicyclic) bond motifs is 1. The van der Waals surface area contributed by atoms with Gasteiger partial charge in [0, 0.05) is 12.3 Å². The van der Waals surface area contributed by atoms with Gasteiger partial charge in [-0.15, -0.1) is 0 Å². The van der Waals surface area contributed by atoms with Crippen LogP contribution in [0.4, 0.5) is 5.95 Å². The van der Waals surface area contributed by atoms with Crippen molar-refractivity contribution in [3.8, 4) is 0 Å². The predicted molar refractivity (Wildman–Crippen MR) is 116 cm³/mol. The van der Waals surface area contributed by atoms with Gasteiger partial charge in [0.2, 0.25) is 16.0 Å². The van der Waals surface area contributed by atoms with Crippen LogP contribution in [0.3, 0.4) is 0 Å². The lowest BCUT2D eigenvalue weighted by molar-refractivity contribution is 0.173. The van der Waals surface area contributed by atoms with Gasteiger partial charge in [-0.2, -0.15) is 0 Å². The molecule has 154 valence electrons. The monoisotopic (exact) mass is 404 g/mol. The molecule has 0 radical (unpaired) electrons. The average Bonchev–Trinajstić information content (AvgIpc) is 2.98. The molecule has 28 heavy (non-hydrogen) atoms. The highest BCUT2D eigenvalue weighted by Crippen LogP contribution is 2.38. The third-order valence-corrected chi connectivity index (χ3v) is 8.01. The third kappa shape index (κ3) is 3.95. The van der Waals surface area contributed by atoms with Gasteiger partial charge in [0.25, 0.3) is 0 Å². The molecule has 0 bridgehead atoms. The summed E-state index contributed by atoms with van der Waals surface area (Å²) in [5, 5.41) is 10.4. The van der Waals surface area contributed by atoms with Gasteiger partial charge in [-0.1, -0.05) is 26.8 Å². The first kappa shape index (κ1) is 20.8. The van der Waals surface area contributed by atoms with Gasteiger partial charge in [0.15, 0.2) is 0 Å². The molecule has 1 fully saturated rings. The number of hydrogen-bond donors (Lipinski definition) is 2. The summed E-state index contributed by atoms with van der Waals surface area (Å²) in [5.74, 6) is 1.09. The molecule has 0 saturated heterocycles. The first-order chi connectivity index (χ1) is 13.0. The van der Waals surface area contributed by atoms with E-state index in [1.165, 1.54) is 10.2 Å². The van der Waals surface area contributed by atoms with Crippen molar-refractivity contribution in [3.63, 3.8) is 0 Å². The molecule has 1 aromatic heterocycles. The number of nitrogens with zero attached hydrogens (tertiary/aromatic N) is 2. The lowest BCUT2D eigenvalue weighted by Crippen LogP contribution is -2.33. The van der Waals surface area contributed by atoms with Gasteiger partial charge >= 0.3 is 0 Å². The third-order valence-electron chi connectivity index (χ3n) is 5.94. The minimum absolute atomic E-state index is 0.221. The molecule has 3 rings (SSSR count). The summed E-state index contributed by atoms with van der Waals surface area (Å²) in [4.78, 5) is 4.60. The van der Waals surface area contributed by atoms with Gasteiger partial charge in [-0.05, 0) is 68.6 Å². The minimum atomic E-state index is -3.58. The van der Waals surface area contributed by atoms with E-state index in [9.17, 15) is 8.42 Å². The zero-order valence-electron chi connectivity index (χ0n) is 17.5. The summed E-state index contributed by atoms with van der Waals surface area (Å²) in [6.45, 7) is 10.2. The molecule has 1 heterocycles. The molecule has 0 spiro atoms.